The molecule has 2 aromatic heterocycles. The fourth-order valence-corrected chi connectivity index (χ4v) is 3.30. The molecule has 0 aliphatic heterocycles. The second-order valence-electron chi connectivity index (χ2n) is 6.86. The number of rotatable bonds is 5. The number of nitrogens with zero attached hydrogens (tertiary/aromatic N) is 2. The van der Waals surface area contributed by atoms with E-state index in [9.17, 15) is 9.59 Å². The zero-order valence-electron chi connectivity index (χ0n) is 16.1. The lowest BCUT2D eigenvalue weighted by Gasteiger charge is -2.12. The van der Waals surface area contributed by atoms with Crippen LogP contribution in [0.4, 0.5) is 5.69 Å². The highest BCUT2D eigenvalue weighted by atomic mass is 16.2. The monoisotopic (exact) mass is 383 g/mol. The molecule has 5 nitrogen and oxygen atoms in total. The number of hydrogen-bond acceptors (Lipinski definition) is 3. The van der Waals surface area contributed by atoms with Crippen LogP contribution in [-0.2, 0) is 13.0 Å². The lowest BCUT2D eigenvalue weighted by molar-refractivity contribution is 0.102. The van der Waals surface area contributed by atoms with Gasteiger partial charge in [0.05, 0.1) is 6.54 Å². The van der Waals surface area contributed by atoms with Crippen molar-refractivity contribution in [3.05, 3.63) is 106 Å². The molecular weight excluding hydrogens is 362 g/mol. The van der Waals surface area contributed by atoms with Gasteiger partial charge in [0.25, 0.3) is 11.5 Å². The Morgan fingerprint density at radius 3 is 2.45 bits per heavy atom. The molecule has 1 N–H and O–H groups in total. The molecule has 29 heavy (non-hydrogen) atoms. The minimum absolute atomic E-state index is 0.0981. The quantitative estimate of drug-likeness (QED) is 0.560. The Hall–Kier alpha value is -3.73. The Kier molecular flexibility index (Phi) is 5.20. The van der Waals surface area contributed by atoms with Crippen LogP contribution in [0.1, 0.15) is 28.4 Å². The first-order valence-electron chi connectivity index (χ1n) is 9.58. The molecule has 4 rings (SSSR count). The summed E-state index contributed by atoms with van der Waals surface area (Å²) in [4.78, 5) is 30.4. The van der Waals surface area contributed by atoms with E-state index in [1.807, 2.05) is 60.7 Å². The van der Waals surface area contributed by atoms with Gasteiger partial charge in [-0.1, -0.05) is 49.4 Å². The van der Waals surface area contributed by atoms with Crippen LogP contribution in [0.5, 0.6) is 0 Å². The van der Waals surface area contributed by atoms with Crippen molar-refractivity contribution in [1.29, 1.82) is 0 Å². The van der Waals surface area contributed by atoms with Crippen LogP contribution in [-0.4, -0.2) is 15.5 Å². The lowest BCUT2D eigenvalue weighted by atomic mass is 10.1. The van der Waals surface area contributed by atoms with Gasteiger partial charge in [-0.3, -0.25) is 14.2 Å². The van der Waals surface area contributed by atoms with Crippen molar-refractivity contribution in [3.8, 4) is 0 Å². The number of amides is 1. The first kappa shape index (κ1) is 18.6. The highest BCUT2D eigenvalue weighted by molar-refractivity contribution is 6.05. The van der Waals surface area contributed by atoms with Crippen molar-refractivity contribution >= 4 is 22.6 Å². The Balaban J connectivity index is 1.74. The van der Waals surface area contributed by atoms with Crippen LogP contribution in [0.25, 0.3) is 11.0 Å². The van der Waals surface area contributed by atoms with Crippen LogP contribution in [0.2, 0.25) is 0 Å². The van der Waals surface area contributed by atoms with E-state index in [2.05, 4.69) is 17.2 Å². The molecule has 0 spiro atoms. The second-order valence-corrected chi connectivity index (χ2v) is 6.86. The molecule has 0 aliphatic carbocycles. The molecule has 144 valence electrons. The van der Waals surface area contributed by atoms with Gasteiger partial charge in [0.15, 0.2) is 0 Å². The molecular formula is C24H21N3O2. The molecule has 0 unspecified atom stereocenters. The van der Waals surface area contributed by atoms with Crippen molar-refractivity contribution in [2.24, 2.45) is 0 Å². The van der Waals surface area contributed by atoms with E-state index in [1.54, 1.807) is 22.9 Å². The van der Waals surface area contributed by atoms with Gasteiger partial charge in [-0.05, 0) is 47.9 Å². The third-order valence-corrected chi connectivity index (χ3v) is 4.90. The average Bonchev–Trinajstić information content (AvgIpc) is 2.76. The van der Waals surface area contributed by atoms with E-state index in [1.165, 1.54) is 5.56 Å². The van der Waals surface area contributed by atoms with Crippen molar-refractivity contribution < 1.29 is 4.79 Å². The average molecular weight is 383 g/mol. The second kappa shape index (κ2) is 8.10. The number of carbonyl (C=O) groups is 1. The maximum Gasteiger partial charge on any atom is 0.265 e. The number of nitrogens with one attached hydrogen (secondary N) is 1. The predicted molar refractivity (Wildman–Crippen MR) is 115 cm³/mol. The van der Waals surface area contributed by atoms with Crippen molar-refractivity contribution in [3.63, 3.8) is 0 Å². The molecule has 1 amide bonds. The van der Waals surface area contributed by atoms with Crippen LogP contribution in [0.3, 0.4) is 0 Å². The van der Waals surface area contributed by atoms with Crippen molar-refractivity contribution in [1.82, 2.24) is 9.55 Å². The topological polar surface area (TPSA) is 64.0 Å². The number of anilines is 1. The highest BCUT2D eigenvalue weighted by Gasteiger charge is 2.17. The fourth-order valence-electron chi connectivity index (χ4n) is 3.30. The number of aromatic nitrogens is 2. The number of carbonyl (C=O) groups excluding carboxylic acids is 1. The summed E-state index contributed by atoms with van der Waals surface area (Å²) in [5.74, 6) is -0.424. The molecule has 0 saturated heterocycles. The smallest absolute Gasteiger partial charge is 0.265 e. The Bertz CT molecular complexity index is 1210. The molecule has 0 saturated carbocycles. The number of hydrogen-bond donors (Lipinski definition) is 1. The van der Waals surface area contributed by atoms with E-state index in [0.29, 0.717) is 17.9 Å². The van der Waals surface area contributed by atoms with Crippen LogP contribution in [0.15, 0.2) is 83.8 Å². The van der Waals surface area contributed by atoms with Crippen molar-refractivity contribution in [2.75, 3.05) is 5.32 Å². The lowest BCUT2D eigenvalue weighted by Crippen LogP contribution is -2.30. The molecule has 2 aromatic carbocycles. The molecule has 0 bridgehead atoms. The summed E-state index contributed by atoms with van der Waals surface area (Å²) in [5.41, 5.74) is 3.11. The summed E-state index contributed by atoms with van der Waals surface area (Å²) >= 11 is 0. The normalized spacial score (nSPS) is 10.8. The zero-order valence-corrected chi connectivity index (χ0v) is 16.1. The number of aryl methyl sites for hydroxylation is 1. The molecule has 0 radical (unpaired) electrons. The van der Waals surface area contributed by atoms with Crippen molar-refractivity contribution in [2.45, 2.75) is 19.9 Å². The molecule has 4 aromatic rings. The first-order valence-corrected chi connectivity index (χ1v) is 9.58. The van der Waals surface area contributed by atoms with E-state index in [0.717, 1.165) is 17.4 Å². The maximum atomic E-state index is 13.2. The SMILES string of the molecule is CCc1ccc(NC(=O)c2cc3cccnc3n(Cc3ccccc3)c2=O)cc1. The van der Waals surface area contributed by atoms with Gasteiger partial charge in [-0.15, -0.1) is 0 Å². The van der Waals surface area contributed by atoms with Gasteiger partial charge in [-0.25, -0.2) is 4.98 Å². The number of pyridine rings is 2. The summed E-state index contributed by atoms with van der Waals surface area (Å²) in [5, 5.41) is 3.58. The zero-order chi connectivity index (χ0) is 20.2. The largest absolute Gasteiger partial charge is 0.322 e. The van der Waals surface area contributed by atoms with Gasteiger partial charge in [0.1, 0.15) is 11.2 Å². The summed E-state index contributed by atoms with van der Waals surface area (Å²) < 4.78 is 1.56. The summed E-state index contributed by atoms with van der Waals surface area (Å²) in [6.07, 6.45) is 2.58. The number of fused-ring (bicyclic) bond motifs is 1. The minimum atomic E-state index is -0.424. The fraction of sp³-hybridized carbons (Fsp3) is 0.125. The van der Waals surface area contributed by atoms with E-state index in [4.69, 9.17) is 0 Å². The maximum absolute atomic E-state index is 13.2. The number of benzene rings is 2. The molecule has 0 atom stereocenters. The van der Waals surface area contributed by atoms with Gasteiger partial charge >= 0.3 is 0 Å². The molecule has 0 fully saturated rings. The minimum Gasteiger partial charge on any atom is -0.322 e. The Morgan fingerprint density at radius 2 is 1.72 bits per heavy atom. The van der Waals surface area contributed by atoms with E-state index >= 15 is 0 Å². The third-order valence-electron chi connectivity index (χ3n) is 4.90. The van der Waals surface area contributed by atoms with Crippen LogP contribution in [0, 0.1) is 0 Å². The highest BCUT2D eigenvalue weighted by Crippen LogP contribution is 2.15. The first-order chi connectivity index (χ1) is 14.2. The van der Waals surface area contributed by atoms with Gasteiger partial charge in [0.2, 0.25) is 0 Å². The summed E-state index contributed by atoms with van der Waals surface area (Å²) in [6, 6.07) is 22.6. The van der Waals surface area contributed by atoms with Gasteiger partial charge < -0.3 is 5.32 Å². The van der Waals surface area contributed by atoms with Gasteiger partial charge in [0, 0.05) is 17.3 Å². The molecule has 0 aliphatic rings. The summed E-state index contributed by atoms with van der Waals surface area (Å²) in [7, 11) is 0. The Morgan fingerprint density at radius 1 is 0.966 bits per heavy atom. The predicted octanol–water partition coefficient (Wildman–Crippen LogP) is 4.26. The standard InChI is InChI=1S/C24H21N3O2/c1-2-17-10-12-20(13-11-17)26-23(28)21-15-19-9-6-14-25-22(19)27(24(21)29)16-18-7-4-3-5-8-18/h3-15H,2,16H2,1H3,(H,26,28). The summed E-state index contributed by atoms with van der Waals surface area (Å²) in [6.45, 7) is 2.42. The molecule has 5 heteroatoms. The van der Waals surface area contributed by atoms with Crippen LogP contribution >= 0.6 is 0 Å². The molecule has 2 heterocycles. The van der Waals surface area contributed by atoms with Gasteiger partial charge in [-0.2, -0.15) is 0 Å². The van der Waals surface area contributed by atoms with E-state index < -0.39 is 5.91 Å². The third kappa shape index (κ3) is 3.94. The Labute approximate surface area is 168 Å². The van der Waals surface area contributed by atoms with Crippen LogP contribution < -0.4 is 10.9 Å². The van der Waals surface area contributed by atoms with E-state index in [-0.39, 0.29) is 11.1 Å².